The van der Waals surface area contributed by atoms with Crippen LogP contribution in [-0.2, 0) is 0 Å². The van der Waals surface area contributed by atoms with E-state index in [4.69, 9.17) is 0 Å². The maximum Gasteiger partial charge on any atom is 0.0776 e. The van der Waals surface area contributed by atoms with Crippen LogP contribution < -0.4 is 5.32 Å². The summed E-state index contributed by atoms with van der Waals surface area (Å²) < 4.78 is 2.17. The highest BCUT2D eigenvalue weighted by atomic mass is 15.4. The number of hydrogen-bond acceptors (Lipinski definition) is 3. The lowest BCUT2D eigenvalue weighted by atomic mass is 10.1. The Bertz CT molecular complexity index is 314. The Kier molecular flexibility index (Phi) is 3.07. The van der Waals surface area contributed by atoms with Crippen LogP contribution in [0.2, 0.25) is 0 Å². The lowest BCUT2D eigenvalue weighted by Gasteiger charge is -2.39. The van der Waals surface area contributed by atoms with E-state index >= 15 is 0 Å². The topological polar surface area (TPSA) is 33.1 Å². The van der Waals surface area contributed by atoms with Gasteiger partial charge in [-0.2, -0.15) is 5.10 Å². The second-order valence-corrected chi connectivity index (χ2v) is 4.22. The predicted octanol–water partition coefficient (Wildman–Crippen LogP) is 1.04. The van der Waals surface area contributed by atoms with E-state index in [0.29, 0.717) is 12.1 Å². The minimum absolute atomic E-state index is 0.378. The summed E-state index contributed by atoms with van der Waals surface area (Å²) in [5.74, 6) is 0. The standard InChI is InChI=1S/C11H20N4/c1-4-14-7-10(8-14)15-11(5-6-13-15)9(2)12-3/h5-6,9-10,12H,4,7-8H2,1-3H3. The number of likely N-dealkylation sites (N-methyl/N-ethyl adjacent to an activating group) is 1. The van der Waals surface area contributed by atoms with Crippen molar-refractivity contribution in [3.05, 3.63) is 18.0 Å². The SMILES string of the molecule is CCN1CC(n2nccc2C(C)NC)C1. The molecule has 0 saturated carbocycles. The van der Waals surface area contributed by atoms with Gasteiger partial charge in [0.15, 0.2) is 0 Å². The van der Waals surface area contributed by atoms with Gasteiger partial charge in [-0.3, -0.25) is 9.58 Å². The summed E-state index contributed by atoms with van der Waals surface area (Å²) in [6, 6.07) is 3.06. The van der Waals surface area contributed by atoms with Crippen LogP contribution in [0.25, 0.3) is 0 Å². The Labute approximate surface area is 91.3 Å². The first-order valence-corrected chi connectivity index (χ1v) is 5.69. The molecular formula is C11H20N4. The molecule has 0 amide bonds. The molecule has 1 aromatic heterocycles. The first kappa shape index (κ1) is 10.6. The number of hydrogen-bond donors (Lipinski definition) is 1. The molecule has 15 heavy (non-hydrogen) atoms. The first-order valence-electron chi connectivity index (χ1n) is 5.69. The molecule has 4 heteroatoms. The average molecular weight is 208 g/mol. The Hall–Kier alpha value is -0.870. The quantitative estimate of drug-likeness (QED) is 0.802. The molecule has 1 aromatic rings. The van der Waals surface area contributed by atoms with Crippen molar-refractivity contribution in [3.8, 4) is 0 Å². The summed E-state index contributed by atoms with van der Waals surface area (Å²) in [7, 11) is 1.99. The highest BCUT2D eigenvalue weighted by Crippen LogP contribution is 2.23. The summed E-state index contributed by atoms with van der Waals surface area (Å²) in [5.41, 5.74) is 1.29. The molecule has 0 bridgehead atoms. The molecule has 1 atom stereocenters. The largest absolute Gasteiger partial charge is 0.312 e. The van der Waals surface area contributed by atoms with E-state index in [1.54, 1.807) is 0 Å². The molecule has 1 aliphatic rings. The molecule has 1 saturated heterocycles. The predicted molar refractivity (Wildman–Crippen MR) is 60.9 cm³/mol. The van der Waals surface area contributed by atoms with Gasteiger partial charge in [-0.15, -0.1) is 0 Å². The zero-order valence-electron chi connectivity index (χ0n) is 9.77. The van der Waals surface area contributed by atoms with Crippen molar-refractivity contribution in [1.82, 2.24) is 20.0 Å². The maximum atomic E-state index is 4.43. The molecule has 84 valence electrons. The van der Waals surface area contributed by atoms with Crippen LogP contribution in [-0.4, -0.2) is 41.4 Å². The zero-order valence-corrected chi connectivity index (χ0v) is 9.77. The van der Waals surface area contributed by atoms with Crippen LogP contribution in [0.4, 0.5) is 0 Å². The fourth-order valence-electron chi connectivity index (χ4n) is 2.08. The molecule has 0 aromatic carbocycles. The normalized spacial score (nSPS) is 20.2. The van der Waals surface area contributed by atoms with E-state index in [0.717, 1.165) is 19.6 Å². The summed E-state index contributed by atoms with van der Waals surface area (Å²) in [6.07, 6.45) is 1.90. The molecule has 0 aliphatic carbocycles. The van der Waals surface area contributed by atoms with E-state index < -0.39 is 0 Å². The Morgan fingerprint density at radius 1 is 1.60 bits per heavy atom. The van der Waals surface area contributed by atoms with Crippen LogP contribution in [0.1, 0.15) is 31.6 Å². The van der Waals surface area contributed by atoms with E-state index in [-0.39, 0.29) is 0 Å². The summed E-state index contributed by atoms with van der Waals surface area (Å²) in [5, 5.41) is 7.69. The first-order chi connectivity index (χ1) is 7.26. The van der Waals surface area contributed by atoms with Gasteiger partial charge in [0.2, 0.25) is 0 Å². The van der Waals surface area contributed by atoms with Crippen molar-refractivity contribution in [2.45, 2.75) is 25.9 Å². The number of aromatic nitrogens is 2. The third-order valence-corrected chi connectivity index (χ3v) is 3.31. The van der Waals surface area contributed by atoms with Crippen molar-refractivity contribution in [1.29, 1.82) is 0 Å². The van der Waals surface area contributed by atoms with Crippen molar-refractivity contribution in [2.75, 3.05) is 26.7 Å². The molecule has 1 aliphatic heterocycles. The summed E-state index contributed by atoms with van der Waals surface area (Å²) in [6.45, 7) is 7.80. The van der Waals surface area contributed by atoms with Gasteiger partial charge >= 0.3 is 0 Å². The van der Waals surface area contributed by atoms with Crippen molar-refractivity contribution in [2.24, 2.45) is 0 Å². The van der Waals surface area contributed by atoms with Crippen molar-refractivity contribution >= 4 is 0 Å². The van der Waals surface area contributed by atoms with E-state index in [1.165, 1.54) is 5.69 Å². The van der Waals surface area contributed by atoms with Crippen LogP contribution in [0.5, 0.6) is 0 Å². The fourth-order valence-corrected chi connectivity index (χ4v) is 2.08. The Morgan fingerprint density at radius 3 is 2.93 bits per heavy atom. The van der Waals surface area contributed by atoms with Gasteiger partial charge in [0.25, 0.3) is 0 Å². The molecule has 2 rings (SSSR count). The number of nitrogens with one attached hydrogen (secondary N) is 1. The third-order valence-electron chi connectivity index (χ3n) is 3.31. The van der Waals surface area contributed by atoms with E-state index in [2.05, 4.69) is 39.9 Å². The smallest absolute Gasteiger partial charge is 0.0776 e. The minimum atomic E-state index is 0.378. The molecule has 1 N–H and O–H groups in total. The lowest BCUT2D eigenvalue weighted by Crippen LogP contribution is -2.48. The van der Waals surface area contributed by atoms with Gasteiger partial charge < -0.3 is 5.32 Å². The zero-order chi connectivity index (χ0) is 10.8. The second-order valence-electron chi connectivity index (χ2n) is 4.22. The molecule has 0 radical (unpaired) electrons. The second kappa shape index (κ2) is 4.33. The molecule has 4 nitrogen and oxygen atoms in total. The monoisotopic (exact) mass is 208 g/mol. The minimum Gasteiger partial charge on any atom is -0.312 e. The van der Waals surface area contributed by atoms with Gasteiger partial charge in [-0.05, 0) is 26.6 Å². The van der Waals surface area contributed by atoms with Crippen LogP contribution in [0.3, 0.4) is 0 Å². The lowest BCUT2D eigenvalue weighted by molar-refractivity contribution is 0.102. The van der Waals surface area contributed by atoms with E-state index in [9.17, 15) is 0 Å². The number of rotatable bonds is 4. The Balaban J connectivity index is 2.06. The third kappa shape index (κ3) is 1.92. The number of likely N-dealkylation sites (tertiary alicyclic amines) is 1. The molecule has 1 fully saturated rings. The average Bonchev–Trinajstić information content (AvgIpc) is 2.64. The van der Waals surface area contributed by atoms with Gasteiger partial charge in [0.05, 0.1) is 11.7 Å². The van der Waals surface area contributed by atoms with Gasteiger partial charge in [-0.25, -0.2) is 0 Å². The van der Waals surface area contributed by atoms with Gasteiger partial charge in [0, 0.05) is 25.3 Å². The summed E-state index contributed by atoms with van der Waals surface area (Å²) >= 11 is 0. The van der Waals surface area contributed by atoms with E-state index in [1.807, 2.05) is 13.2 Å². The molecule has 0 spiro atoms. The van der Waals surface area contributed by atoms with Gasteiger partial charge in [0.1, 0.15) is 0 Å². The van der Waals surface area contributed by atoms with Crippen LogP contribution >= 0.6 is 0 Å². The molecule has 1 unspecified atom stereocenters. The highest BCUT2D eigenvalue weighted by molar-refractivity contribution is 5.08. The van der Waals surface area contributed by atoms with Gasteiger partial charge in [-0.1, -0.05) is 6.92 Å². The molecular weight excluding hydrogens is 188 g/mol. The fraction of sp³-hybridized carbons (Fsp3) is 0.727. The Morgan fingerprint density at radius 2 is 2.33 bits per heavy atom. The number of nitrogens with zero attached hydrogens (tertiary/aromatic N) is 3. The van der Waals surface area contributed by atoms with Crippen LogP contribution in [0, 0.1) is 0 Å². The van der Waals surface area contributed by atoms with Crippen molar-refractivity contribution in [3.63, 3.8) is 0 Å². The summed E-state index contributed by atoms with van der Waals surface area (Å²) in [4.78, 5) is 2.43. The maximum absolute atomic E-state index is 4.43. The highest BCUT2D eigenvalue weighted by Gasteiger charge is 2.29. The van der Waals surface area contributed by atoms with Crippen molar-refractivity contribution < 1.29 is 0 Å². The molecule has 2 heterocycles. The van der Waals surface area contributed by atoms with Crippen LogP contribution in [0.15, 0.2) is 12.3 Å².